The lowest BCUT2D eigenvalue weighted by Crippen LogP contribution is -2.35. The van der Waals surface area contributed by atoms with E-state index in [2.05, 4.69) is 0 Å². The lowest BCUT2D eigenvalue weighted by Gasteiger charge is -2.18. The number of hydrogen-bond donors (Lipinski definition) is 1. The minimum atomic E-state index is -4.82. The van der Waals surface area contributed by atoms with E-state index < -0.39 is 24.7 Å². The van der Waals surface area contributed by atoms with Gasteiger partial charge in [0, 0.05) is 0 Å². The summed E-state index contributed by atoms with van der Waals surface area (Å²) in [4.78, 5) is 10.5. The largest absolute Gasteiger partial charge is 0.492 e. The van der Waals surface area contributed by atoms with Crippen molar-refractivity contribution in [1.82, 2.24) is 0 Å². The van der Waals surface area contributed by atoms with Crippen molar-refractivity contribution in [2.75, 3.05) is 6.61 Å². The molecule has 0 fully saturated rings. The molecule has 6 heteroatoms. The Bertz CT molecular complexity index is 441. The van der Waals surface area contributed by atoms with Gasteiger partial charge in [0.15, 0.2) is 5.92 Å². The summed E-state index contributed by atoms with van der Waals surface area (Å²) in [5, 5.41) is 8.51. The molecule has 0 bridgehead atoms. The van der Waals surface area contributed by atoms with E-state index in [0.717, 1.165) is 5.56 Å². The van der Waals surface area contributed by atoms with Crippen molar-refractivity contribution < 1.29 is 27.8 Å². The van der Waals surface area contributed by atoms with E-state index in [-0.39, 0.29) is 5.75 Å². The molecule has 1 atom stereocenters. The molecule has 0 spiro atoms. The summed E-state index contributed by atoms with van der Waals surface area (Å²) in [5.41, 5.74) is 1.56. The lowest BCUT2D eigenvalue weighted by atomic mass is 10.1. The average molecular weight is 262 g/mol. The molecule has 0 saturated heterocycles. The lowest BCUT2D eigenvalue weighted by molar-refractivity contribution is -0.198. The molecule has 0 aromatic heterocycles. The highest BCUT2D eigenvalue weighted by Crippen LogP contribution is 2.28. The number of aliphatic carboxylic acids is 1. The third-order valence-corrected chi connectivity index (χ3v) is 2.65. The maximum absolute atomic E-state index is 12.4. The van der Waals surface area contributed by atoms with Gasteiger partial charge in [-0.1, -0.05) is 12.1 Å². The Morgan fingerprint density at radius 3 is 2.50 bits per heavy atom. The first-order chi connectivity index (χ1) is 8.23. The highest BCUT2D eigenvalue weighted by atomic mass is 19.4. The fourth-order valence-corrected chi connectivity index (χ4v) is 1.36. The van der Waals surface area contributed by atoms with Gasteiger partial charge in [0.05, 0.1) is 0 Å². The van der Waals surface area contributed by atoms with Crippen LogP contribution in [0.15, 0.2) is 18.2 Å². The van der Waals surface area contributed by atoms with Crippen LogP contribution in [0.4, 0.5) is 13.2 Å². The second-order valence-corrected chi connectivity index (χ2v) is 3.94. The first-order valence-corrected chi connectivity index (χ1v) is 5.22. The zero-order chi connectivity index (χ0) is 13.9. The first-order valence-electron chi connectivity index (χ1n) is 5.22. The summed E-state index contributed by atoms with van der Waals surface area (Å²) in [7, 11) is 0. The van der Waals surface area contributed by atoms with Crippen molar-refractivity contribution in [1.29, 1.82) is 0 Å². The Morgan fingerprint density at radius 2 is 2.00 bits per heavy atom. The zero-order valence-corrected chi connectivity index (χ0v) is 9.91. The van der Waals surface area contributed by atoms with Crippen LogP contribution in [-0.4, -0.2) is 23.9 Å². The van der Waals surface area contributed by atoms with E-state index >= 15 is 0 Å². The minimum Gasteiger partial charge on any atom is -0.492 e. The minimum absolute atomic E-state index is 0.269. The topological polar surface area (TPSA) is 46.5 Å². The Balaban J connectivity index is 2.80. The molecule has 1 N–H and O–H groups in total. The van der Waals surface area contributed by atoms with Crippen molar-refractivity contribution in [2.45, 2.75) is 20.0 Å². The molecule has 3 nitrogen and oxygen atoms in total. The van der Waals surface area contributed by atoms with Crippen LogP contribution in [0, 0.1) is 19.8 Å². The van der Waals surface area contributed by atoms with Gasteiger partial charge in [0.25, 0.3) is 0 Å². The van der Waals surface area contributed by atoms with Gasteiger partial charge >= 0.3 is 12.1 Å². The summed E-state index contributed by atoms with van der Waals surface area (Å²) >= 11 is 0. The van der Waals surface area contributed by atoms with E-state index in [0.29, 0.717) is 5.56 Å². The van der Waals surface area contributed by atoms with Crippen LogP contribution in [-0.2, 0) is 4.79 Å². The van der Waals surface area contributed by atoms with Gasteiger partial charge in [-0.05, 0) is 31.0 Å². The fourth-order valence-electron chi connectivity index (χ4n) is 1.36. The molecule has 1 aromatic rings. The summed E-state index contributed by atoms with van der Waals surface area (Å²) < 4.78 is 42.1. The van der Waals surface area contributed by atoms with Crippen molar-refractivity contribution in [3.63, 3.8) is 0 Å². The molecule has 0 aliphatic rings. The monoisotopic (exact) mass is 262 g/mol. The smallest absolute Gasteiger partial charge is 0.405 e. The van der Waals surface area contributed by atoms with E-state index in [4.69, 9.17) is 9.84 Å². The van der Waals surface area contributed by atoms with Crippen LogP contribution in [0.25, 0.3) is 0 Å². The first kappa shape index (κ1) is 14.3. The number of hydrogen-bond acceptors (Lipinski definition) is 2. The van der Waals surface area contributed by atoms with Gasteiger partial charge in [-0.15, -0.1) is 0 Å². The number of aryl methyl sites for hydroxylation is 1. The molecule has 0 aliphatic heterocycles. The Morgan fingerprint density at radius 1 is 1.39 bits per heavy atom. The number of rotatable bonds is 4. The van der Waals surface area contributed by atoms with Crippen LogP contribution in [0.1, 0.15) is 11.1 Å². The second kappa shape index (κ2) is 5.29. The molecule has 0 aliphatic carbocycles. The van der Waals surface area contributed by atoms with Crippen LogP contribution in [0.3, 0.4) is 0 Å². The van der Waals surface area contributed by atoms with Crippen molar-refractivity contribution in [3.05, 3.63) is 29.3 Å². The predicted octanol–water partition coefficient (Wildman–Crippen LogP) is 2.95. The Labute approximate surface area is 102 Å². The standard InChI is InChI=1S/C12H13F3O3/c1-7-4-3-5-10(8(7)2)18-6-9(11(16)17)12(13,14)15/h3-5,9H,6H2,1-2H3,(H,16,17). The van der Waals surface area contributed by atoms with E-state index in [1.54, 1.807) is 26.0 Å². The number of carboxylic acid groups (broad SMARTS) is 1. The normalized spacial score (nSPS) is 13.2. The van der Waals surface area contributed by atoms with E-state index in [9.17, 15) is 18.0 Å². The van der Waals surface area contributed by atoms with Gasteiger partial charge in [0.2, 0.25) is 0 Å². The number of benzene rings is 1. The summed E-state index contributed by atoms with van der Waals surface area (Å²) in [6, 6.07) is 4.94. The summed E-state index contributed by atoms with van der Waals surface area (Å²) in [6.45, 7) is 2.57. The van der Waals surface area contributed by atoms with Crippen LogP contribution < -0.4 is 4.74 Å². The second-order valence-electron chi connectivity index (χ2n) is 3.94. The van der Waals surface area contributed by atoms with Crippen LogP contribution >= 0.6 is 0 Å². The van der Waals surface area contributed by atoms with Crippen LogP contribution in [0.5, 0.6) is 5.75 Å². The van der Waals surface area contributed by atoms with Crippen molar-refractivity contribution in [2.24, 2.45) is 5.92 Å². The molecule has 0 heterocycles. The SMILES string of the molecule is Cc1cccc(OCC(C(=O)O)C(F)(F)F)c1C. The predicted molar refractivity (Wildman–Crippen MR) is 58.6 cm³/mol. The third-order valence-electron chi connectivity index (χ3n) is 2.65. The van der Waals surface area contributed by atoms with Gasteiger partial charge in [-0.2, -0.15) is 13.2 Å². The van der Waals surface area contributed by atoms with Gasteiger partial charge < -0.3 is 9.84 Å². The average Bonchev–Trinajstić information content (AvgIpc) is 2.22. The highest BCUT2D eigenvalue weighted by molar-refractivity contribution is 5.71. The molecular formula is C12H13F3O3. The van der Waals surface area contributed by atoms with E-state index in [1.807, 2.05) is 0 Å². The third kappa shape index (κ3) is 3.38. The number of ether oxygens (including phenoxy) is 1. The number of carbonyl (C=O) groups is 1. The van der Waals surface area contributed by atoms with Crippen LogP contribution in [0.2, 0.25) is 0 Å². The maximum Gasteiger partial charge on any atom is 0.405 e. The van der Waals surface area contributed by atoms with Gasteiger partial charge in [-0.3, -0.25) is 4.79 Å². The molecule has 0 saturated carbocycles. The van der Waals surface area contributed by atoms with Crippen molar-refractivity contribution >= 4 is 5.97 Å². The Hall–Kier alpha value is -1.72. The fraction of sp³-hybridized carbons (Fsp3) is 0.417. The molecule has 18 heavy (non-hydrogen) atoms. The molecule has 1 unspecified atom stereocenters. The summed E-state index contributed by atoms with van der Waals surface area (Å²) in [6.07, 6.45) is -4.82. The van der Waals surface area contributed by atoms with Gasteiger partial charge in [0.1, 0.15) is 12.4 Å². The molecular weight excluding hydrogens is 249 g/mol. The molecule has 1 rings (SSSR count). The molecule has 0 amide bonds. The quantitative estimate of drug-likeness (QED) is 0.907. The zero-order valence-electron chi connectivity index (χ0n) is 9.91. The number of halogens is 3. The Kier molecular flexibility index (Phi) is 4.21. The molecule has 0 radical (unpaired) electrons. The highest BCUT2D eigenvalue weighted by Gasteiger charge is 2.45. The number of carboxylic acids is 1. The number of alkyl halides is 3. The maximum atomic E-state index is 12.4. The van der Waals surface area contributed by atoms with Gasteiger partial charge in [-0.25, -0.2) is 0 Å². The summed E-state index contributed by atoms with van der Waals surface area (Å²) in [5.74, 6) is -4.18. The van der Waals surface area contributed by atoms with Crippen molar-refractivity contribution in [3.8, 4) is 5.75 Å². The molecule has 1 aromatic carbocycles. The van der Waals surface area contributed by atoms with E-state index in [1.165, 1.54) is 6.07 Å². The molecule has 100 valence electrons.